The third-order valence-corrected chi connectivity index (χ3v) is 2.08. The number of carbonyl (C=O) groups excluding carboxylic acids is 1. The van der Waals surface area contributed by atoms with Gasteiger partial charge in [0.2, 0.25) is 0 Å². The fourth-order valence-corrected chi connectivity index (χ4v) is 1.26. The van der Waals surface area contributed by atoms with Crippen LogP contribution >= 0.6 is 0 Å². The van der Waals surface area contributed by atoms with E-state index in [4.69, 9.17) is 5.26 Å². The first-order valence-electron chi connectivity index (χ1n) is 5.36. The van der Waals surface area contributed by atoms with Crippen LogP contribution in [0.15, 0.2) is 29.8 Å². The number of phenolic OH excluding ortho intramolecular Hbond substituents is 1. The van der Waals surface area contributed by atoms with E-state index in [0.29, 0.717) is 12.1 Å². The molecule has 1 aromatic carbocycles. The fourth-order valence-electron chi connectivity index (χ4n) is 1.26. The quantitative estimate of drug-likeness (QED) is 0.612. The Morgan fingerprint density at radius 2 is 2.35 bits per heavy atom. The number of hydrogen-bond donors (Lipinski definition) is 2. The molecule has 0 bridgehead atoms. The number of nitrogens with one attached hydrogen (secondary N) is 1. The maximum absolute atomic E-state index is 11.6. The molecule has 0 spiro atoms. The van der Waals surface area contributed by atoms with Crippen LogP contribution in [-0.2, 0) is 4.79 Å². The summed E-state index contributed by atoms with van der Waals surface area (Å²) in [4.78, 5) is 11.6. The van der Waals surface area contributed by atoms with Gasteiger partial charge in [-0.2, -0.15) is 5.26 Å². The van der Waals surface area contributed by atoms with Crippen molar-refractivity contribution in [3.05, 3.63) is 35.4 Å². The van der Waals surface area contributed by atoms with E-state index in [2.05, 4.69) is 5.32 Å². The van der Waals surface area contributed by atoms with Crippen LogP contribution in [0.2, 0.25) is 0 Å². The number of phenols is 1. The van der Waals surface area contributed by atoms with Crippen molar-refractivity contribution in [1.29, 1.82) is 5.26 Å². The predicted octanol–water partition coefficient (Wildman–Crippen LogP) is 1.83. The molecule has 1 aromatic rings. The molecule has 0 unspecified atom stereocenters. The van der Waals surface area contributed by atoms with Gasteiger partial charge < -0.3 is 10.4 Å². The van der Waals surface area contributed by atoms with Crippen molar-refractivity contribution in [2.75, 3.05) is 6.54 Å². The molecule has 1 rings (SSSR count). The standard InChI is InChI=1S/C13H14N2O2/c1-2-6-15-13(17)11(9-14)7-10-4-3-5-12(16)8-10/h3-5,7-8,16H,2,6H2,1H3,(H,15,17)/b11-7+. The van der Waals surface area contributed by atoms with Gasteiger partial charge in [0.05, 0.1) is 0 Å². The van der Waals surface area contributed by atoms with Crippen LogP contribution in [0.1, 0.15) is 18.9 Å². The second kappa shape index (κ2) is 6.33. The molecule has 0 radical (unpaired) electrons. The third-order valence-electron chi connectivity index (χ3n) is 2.08. The second-order valence-corrected chi connectivity index (χ2v) is 3.52. The van der Waals surface area contributed by atoms with E-state index >= 15 is 0 Å². The van der Waals surface area contributed by atoms with Crippen LogP contribution in [0.5, 0.6) is 5.75 Å². The van der Waals surface area contributed by atoms with Crippen molar-refractivity contribution in [2.45, 2.75) is 13.3 Å². The van der Waals surface area contributed by atoms with Gasteiger partial charge in [0, 0.05) is 6.54 Å². The molecule has 1 amide bonds. The zero-order valence-electron chi connectivity index (χ0n) is 9.60. The fraction of sp³-hybridized carbons (Fsp3) is 0.231. The molecular formula is C13H14N2O2. The van der Waals surface area contributed by atoms with Crippen molar-refractivity contribution in [3.8, 4) is 11.8 Å². The maximum atomic E-state index is 11.6. The molecule has 0 saturated carbocycles. The Hall–Kier alpha value is -2.28. The average Bonchev–Trinajstić information content (AvgIpc) is 2.33. The van der Waals surface area contributed by atoms with E-state index in [-0.39, 0.29) is 11.3 Å². The smallest absolute Gasteiger partial charge is 0.261 e. The second-order valence-electron chi connectivity index (χ2n) is 3.52. The van der Waals surface area contributed by atoms with Crippen molar-refractivity contribution >= 4 is 12.0 Å². The summed E-state index contributed by atoms with van der Waals surface area (Å²) in [7, 11) is 0. The average molecular weight is 230 g/mol. The lowest BCUT2D eigenvalue weighted by molar-refractivity contribution is -0.117. The summed E-state index contributed by atoms with van der Waals surface area (Å²) >= 11 is 0. The largest absolute Gasteiger partial charge is 0.508 e. The molecule has 4 nitrogen and oxygen atoms in total. The summed E-state index contributed by atoms with van der Waals surface area (Å²) in [6, 6.07) is 8.23. The molecule has 0 aliphatic carbocycles. The first-order chi connectivity index (χ1) is 8.17. The normalized spacial score (nSPS) is 10.7. The van der Waals surface area contributed by atoms with E-state index in [1.807, 2.05) is 13.0 Å². The predicted molar refractivity (Wildman–Crippen MR) is 65.0 cm³/mol. The van der Waals surface area contributed by atoms with Crippen LogP contribution in [0.3, 0.4) is 0 Å². The summed E-state index contributed by atoms with van der Waals surface area (Å²) in [5.41, 5.74) is 0.650. The Labute approximate surface area is 100 Å². The summed E-state index contributed by atoms with van der Waals surface area (Å²) in [5, 5.41) is 20.8. The Balaban J connectivity index is 2.87. The molecule has 0 heterocycles. The minimum absolute atomic E-state index is 0.0315. The number of hydrogen-bond acceptors (Lipinski definition) is 3. The number of rotatable bonds is 4. The number of amides is 1. The Kier molecular flexibility index (Phi) is 4.77. The lowest BCUT2D eigenvalue weighted by Gasteiger charge is -2.01. The third kappa shape index (κ3) is 3.99. The van der Waals surface area contributed by atoms with Crippen LogP contribution in [0.4, 0.5) is 0 Å². The summed E-state index contributed by atoms with van der Waals surface area (Å²) in [5.74, 6) is -0.289. The van der Waals surface area contributed by atoms with Gasteiger partial charge >= 0.3 is 0 Å². The van der Waals surface area contributed by atoms with Gasteiger partial charge in [-0.1, -0.05) is 19.1 Å². The zero-order chi connectivity index (χ0) is 12.7. The molecular weight excluding hydrogens is 216 g/mol. The van der Waals surface area contributed by atoms with Gasteiger partial charge in [0.1, 0.15) is 17.4 Å². The molecule has 4 heteroatoms. The molecule has 88 valence electrons. The van der Waals surface area contributed by atoms with E-state index in [0.717, 1.165) is 6.42 Å². The minimum Gasteiger partial charge on any atom is -0.508 e. The molecule has 0 saturated heterocycles. The van der Waals surface area contributed by atoms with Crippen LogP contribution in [0, 0.1) is 11.3 Å². The van der Waals surface area contributed by atoms with Crippen molar-refractivity contribution in [3.63, 3.8) is 0 Å². The number of benzene rings is 1. The summed E-state index contributed by atoms with van der Waals surface area (Å²) in [6.45, 7) is 2.48. The SMILES string of the molecule is CCCNC(=O)/C(C#N)=C/c1cccc(O)c1. The summed E-state index contributed by atoms with van der Waals surface area (Å²) in [6.07, 6.45) is 2.27. The molecule has 0 fully saturated rings. The van der Waals surface area contributed by atoms with Crippen molar-refractivity contribution < 1.29 is 9.90 Å². The van der Waals surface area contributed by atoms with E-state index in [9.17, 15) is 9.90 Å². The first kappa shape index (κ1) is 12.8. The molecule has 0 atom stereocenters. The lowest BCUT2D eigenvalue weighted by atomic mass is 10.1. The van der Waals surface area contributed by atoms with E-state index in [1.54, 1.807) is 12.1 Å². The lowest BCUT2D eigenvalue weighted by Crippen LogP contribution is -2.25. The summed E-state index contributed by atoms with van der Waals surface area (Å²) < 4.78 is 0. The van der Waals surface area contributed by atoms with Gasteiger partial charge in [0.25, 0.3) is 5.91 Å². The monoisotopic (exact) mass is 230 g/mol. The van der Waals surface area contributed by atoms with Crippen LogP contribution in [-0.4, -0.2) is 17.6 Å². The van der Waals surface area contributed by atoms with Crippen LogP contribution in [0.25, 0.3) is 6.08 Å². The molecule has 17 heavy (non-hydrogen) atoms. The van der Waals surface area contributed by atoms with Gasteiger partial charge in [-0.05, 0) is 30.2 Å². The Bertz CT molecular complexity index is 473. The Morgan fingerprint density at radius 3 is 2.94 bits per heavy atom. The van der Waals surface area contributed by atoms with E-state index < -0.39 is 5.91 Å². The number of nitriles is 1. The van der Waals surface area contributed by atoms with Gasteiger partial charge in [0.15, 0.2) is 0 Å². The van der Waals surface area contributed by atoms with Gasteiger partial charge in [-0.15, -0.1) is 0 Å². The zero-order valence-corrected chi connectivity index (χ0v) is 9.60. The van der Waals surface area contributed by atoms with Gasteiger partial charge in [-0.3, -0.25) is 4.79 Å². The molecule has 0 aromatic heterocycles. The van der Waals surface area contributed by atoms with Crippen molar-refractivity contribution in [1.82, 2.24) is 5.32 Å². The highest BCUT2D eigenvalue weighted by Gasteiger charge is 2.07. The van der Waals surface area contributed by atoms with Gasteiger partial charge in [-0.25, -0.2) is 0 Å². The first-order valence-corrected chi connectivity index (χ1v) is 5.36. The number of aromatic hydroxyl groups is 1. The Morgan fingerprint density at radius 1 is 1.59 bits per heavy atom. The topological polar surface area (TPSA) is 73.1 Å². The maximum Gasteiger partial charge on any atom is 0.261 e. The number of nitrogens with zero attached hydrogens (tertiary/aromatic N) is 1. The molecule has 0 aliphatic rings. The van der Waals surface area contributed by atoms with Crippen LogP contribution < -0.4 is 5.32 Å². The minimum atomic E-state index is -0.391. The highest BCUT2D eigenvalue weighted by atomic mass is 16.3. The van der Waals surface area contributed by atoms with E-state index in [1.165, 1.54) is 18.2 Å². The highest BCUT2D eigenvalue weighted by molar-refractivity contribution is 6.01. The highest BCUT2D eigenvalue weighted by Crippen LogP contribution is 2.13. The molecule has 0 aliphatic heterocycles. The molecule has 2 N–H and O–H groups in total. The number of carbonyl (C=O) groups is 1. The van der Waals surface area contributed by atoms with Crippen molar-refractivity contribution in [2.24, 2.45) is 0 Å².